The van der Waals surface area contributed by atoms with Crippen LogP contribution >= 0.6 is 0 Å². The lowest BCUT2D eigenvalue weighted by molar-refractivity contribution is -0.0265. The second-order valence-electron chi connectivity index (χ2n) is 7.89. The van der Waals surface area contributed by atoms with E-state index in [0.29, 0.717) is 29.5 Å². The third-order valence-corrected chi connectivity index (χ3v) is 6.20. The van der Waals surface area contributed by atoms with E-state index in [2.05, 4.69) is 27.8 Å². The van der Waals surface area contributed by atoms with Crippen molar-refractivity contribution in [1.29, 1.82) is 0 Å². The largest absolute Gasteiger partial charge is 0.373 e. The highest BCUT2D eigenvalue weighted by molar-refractivity contribution is 7.89. The molecule has 0 saturated carbocycles. The van der Waals surface area contributed by atoms with Gasteiger partial charge >= 0.3 is 0 Å². The number of rotatable bonds is 7. The predicted octanol–water partition coefficient (Wildman–Crippen LogP) is 3.20. The molecule has 1 heterocycles. The van der Waals surface area contributed by atoms with Crippen molar-refractivity contribution in [3.63, 3.8) is 0 Å². The number of guanidine groups is 1. The van der Waals surface area contributed by atoms with Crippen LogP contribution in [0.2, 0.25) is 0 Å². The van der Waals surface area contributed by atoms with Gasteiger partial charge in [-0.2, -0.15) is 0 Å². The van der Waals surface area contributed by atoms with Gasteiger partial charge in [-0.05, 0) is 41.7 Å². The second kappa shape index (κ2) is 10.7. The zero-order valence-electron chi connectivity index (χ0n) is 18.0. The summed E-state index contributed by atoms with van der Waals surface area (Å²) in [6.07, 6.45) is 3.26. The maximum absolute atomic E-state index is 13.7. The fourth-order valence-corrected chi connectivity index (χ4v) is 4.72. The molecule has 0 aliphatic carbocycles. The topological polar surface area (TPSA) is 79.8 Å². The number of nitrogens with one attached hydrogen (secondary N) is 2. The van der Waals surface area contributed by atoms with Crippen LogP contribution in [0.1, 0.15) is 35.6 Å². The molecule has 1 aliphatic heterocycles. The third-order valence-electron chi connectivity index (χ3n) is 5.36. The zero-order valence-corrected chi connectivity index (χ0v) is 18.8. The van der Waals surface area contributed by atoms with Crippen LogP contribution in [0.25, 0.3) is 0 Å². The van der Waals surface area contributed by atoms with Crippen LogP contribution in [0.15, 0.2) is 53.5 Å². The lowest BCUT2D eigenvalue weighted by Crippen LogP contribution is -2.41. The predicted molar refractivity (Wildman–Crippen MR) is 121 cm³/mol. The van der Waals surface area contributed by atoms with E-state index in [4.69, 9.17) is 4.74 Å². The summed E-state index contributed by atoms with van der Waals surface area (Å²) in [7, 11) is -1.55. The van der Waals surface area contributed by atoms with Gasteiger partial charge in [0.25, 0.3) is 0 Å². The molecule has 0 radical (unpaired) electrons. The highest BCUT2D eigenvalue weighted by Gasteiger charge is 2.27. The first-order valence-electron chi connectivity index (χ1n) is 10.4. The average Bonchev–Trinajstić information content (AvgIpc) is 2.75. The Labute approximate surface area is 183 Å². The maximum Gasteiger partial charge on any atom is 0.191 e. The molecule has 2 aromatic rings. The smallest absolute Gasteiger partial charge is 0.191 e. The molecule has 0 amide bonds. The summed E-state index contributed by atoms with van der Waals surface area (Å²) < 4.78 is 43.2. The number of halogens is 1. The molecule has 2 N–H and O–H groups in total. The van der Waals surface area contributed by atoms with Crippen LogP contribution < -0.4 is 10.6 Å². The quantitative estimate of drug-likeness (QED) is 0.503. The molecule has 0 spiro atoms. The van der Waals surface area contributed by atoms with Gasteiger partial charge in [0.05, 0.1) is 11.9 Å². The highest BCUT2D eigenvalue weighted by Crippen LogP contribution is 2.33. The Morgan fingerprint density at radius 1 is 1.16 bits per heavy atom. The summed E-state index contributed by atoms with van der Waals surface area (Å²) in [5, 5.41) is 6.51. The molecule has 3 rings (SSSR count). The van der Waals surface area contributed by atoms with Gasteiger partial charge in [-0.15, -0.1) is 0 Å². The van der Waals surface area contributed by atoms with E-state index < -0.39 is 15.7 Å². The molecular weight excluding hydrogens is 417 g/mol. The summed E-state index contributed by atoms with van der Waals surface area (Å²) in [6, 6.07) is 14.4. The van der Waals surface area contributed by atoms with Crippen LogP contribution in [0.4, 0.5) is 4.39 Å². The Balaban J connectivity index is 1.62. The van der Waals surface area contributed by atoms with Gasteiger partial charge < -0.3 is 15.4 Å². The first-order valence-corrected chi connectivity index (χ1v) is 12.5. The van der Waals surface area contributed by atoms with Crippen LogP contribution in [-0.2, 0) is 26.9 Å². The first-order chi connectivity index (χ1) is 14.9. The van der Waals surface area contributed by atoms with Crippen LogP contribution in [0.3, 0.4) is 0 Å². The zero-order chi connectivity index (χ0) is 22.3. The molecule has 0 aromatic heterocycles. The van der Waals surface area contributed by atoms with Crippen molar-refractivity contribution in [3.8, 4) is 0 Å². The molecule has 31 heavy (non-hydrogen) atoms. The van der Waals surface area contributed by atoms with Crippen molar-refractivity contribution in [2.24, 2.45) is 10.9 Å². The molecule has 1 aliphatic rings. The van der Waals surface area contributed by atoms with E-state index >= 15 is 0 Å². The molecule has 2 atom stereocenters. The van der Waals surface area contributed by atoms with Crippen LogP contribution in [0, 0.1) is 11.7 Å². The van der Waals surface area contributed by atoms with Crippen molar-refractivity contribution < 1.29 is 17.5 Å². The van der Waals surface area contributed by atoms with Gasteiger partial charge in [0.1, 0.15) is 5.82 Å². The summed E-state index contributed by atoms with van der Waals surface area (Å²) in [5.74, 6) is 0.341. The normalized spacial score (nSPS) is 19.8. The molecule has 8 heteroatoms. The monoisotopic (exact) mass is 447 g/mol. The lowest BCUT2D eigenvalue weighted by Gasteiger charge is -2.32. The van der Waals surface area contributed by atoms with E-state index in [1.165, 1.54) is 30.0 Å². The van der Waals surface area contributed by atoms with Gasteiger partial charge in [-0.1, -0.05) is 36.4 Å². The van der Waals surface area contributed by atoms with Gasteiger partial charge in [-0.3, -0.25) is 4.99 Å². The summed E-state index contributed by atoms with van der Waals surface area (Å²) in [4.78, 5) is 4.25. The summed E-state index contributed by atoms with van der Waals surface area (Å²) in [5.41, 5.74) is 2.34. The number of benzene rings is 2. The third kappa shape index (κ3) is 7.04. The Bertz CT molecular complexity index is 996. The Kier molecular flexibility index (Phi) is 8.03. The molecule has 0 bridgehead atoms. The van der Waals surface area contributed by atoms with Crippen molar-refractivity contribution in [2.45, 2.75) is 31.2 Å². The van der Waals surface area contributed by atoms with Crippen LogP contribution in [0.5, 0.6) is 0 Å². The van der Waals surface area contributed by atoms with Crippen molar-refractivity contribution in [1.82, 2.24) is 10.6 Å². The van der Waals surface area contributed by atoms with E-state index in [1.54, 1.807) is 7.05 Å². The molecule has 6 nitrogen and oxygen atoms in total. The highest BCUT2D eigenvalue weighted by atomic mass is 32.2. The van der Waals surface area contributed by atoms with Crippen LogP contribution in [-0.4, -0.2) is 40.8 Å². The lowest BCUT2D eigenvalue weighted by atomic mass is 9.89. The standard InChI is InChI=1S/C23H30FN3O3S/c1-25-23(27-15-20-13-21(24)11-10-19(20)16-31(2,28)29)26-14-18-9-6-12-30-22(18)17-7-4-3-5-8-17/h3-5,7-8,10-11,13,18,22H,6,9,12,14-16H2,1-2H3,(H2,25,26,27). The Hall–Kier alpha value is -2.45. The van der Waals surface area contributed by atoms with Crippen molar-refractivity contribution in [3.05, 3.63) is 71.0 Å². The summed E-state index contributed by atoms with van der Waals surface area (Å²) in [6.45, 7) is 1.70. The van der Waals surface area contributed by atoms with E-state index in [1.807, 2.05) is 18.2 Å². The van der Waals surface area contributed by atoms with Gasteiger partial charge in [0, 0.05) is 38.9 Å². The SMILES string of the molecule is CN=C(NCc1cc(F)ccc1CS(C)(=O)=O)NCC1CCCOC1c1ccccc1. The minimum absolute atomic E-state index is 0.0325. The molecule has 2 unspecified atom stereocenters. The van der Waals surface area contributed by atoms with E-state index in [9.17, 15) is 12.8 Å². The molecule has 168 valence electrons. The fraction of sp³-hybridized carbons (Fsp3) is 0.435. The van der Waals surface area contributed by atoms with Crippen molar-refractivity contribution >= 4 is 15.8 Å². The number of hydrogen-bond donors (Lipinski definition) is 2. The average molecular weight is 448 g/mol. The maximum atomic E-state index is 13.7. The molecule has 2 aromatic carbocycles. The Morgan fingerprint density at radius 2 is 1.94 bits per heavy atom. The fourth-order valence-electron chi connectivity index (χ4n) is 3.87. The number of ether oxygens (including phenoxy) is 1. The van der Waals surface area contributed by atoms with Gasteiger partial charge in [0.2, 0.25) is 0 Å². The van der Waals surface area contributed by atoms with Gasteiger partial charge in [-0.25, -0.2) is 12.8 Å². The minimum Gasteiger partial charge on any atom is -0.373 e. The molecule has 1 fully saturated rings. The van der Waals surface area contributed by atoms with Gasteiger partial charge in [0.15, 0.2) is 15.8 Å². The Morgan fingerprint density at radius 3 is 2.65 bits per heavy atom. The number of sulfone groups is 1. The van der Waals surface area contributed by atoms with E-state index in [-0.39, 0.29) is 18.4 Å². The van der Waals surface area contributed by atoms with Crippen molar-refractivity contribution in [2.75, 3.05) is 26.5 Å². The summed E-state index contributed by atoms with van der Waals surface area (Å²) >= 11 is 0. The second-order valence-corrected chi connectivity index (χ2v) is 10.0. The molecular formula is C23H30FN3O3S. The number of nitrogens with zero attached hydrogens (tertiary/aromatic N) is 1. The number of hydrogen-bond acceptors (Lipinski definition) is 4. The number of aliphatic imine (C=N–C) groups is 1. The van der Waals surface area contributed by atoms with E-state index in [0.717, 1.165) is 19.4 Å². The minimum atomic E-state index is -3.22. The molecule has 1 saturated heterocycles. The first kappa shape index (κ1) is 23.2.